The summed E-state index contributed by atoms with van der Waals surface area (Å²) in [5.74, 6) is 0.564. The van der Waals surface area contributed by atoms with Crippen LogP contribution in [0.5, 0.6) is 0 Å². The van der Waals surface area contributed by atoms with Crippen molar-refractivity contribution in [2.75, 3.05) is 27.2 Å². The number of hydrogen-bond donors (Lipinski definition) is 1. The van der Waals surface area contributed by atoms with Crippen LogP contribution in [0.15, 0.2) is 54.6 Å². The second-order valence-corrected chi connectivity index (χ2v) is 7.43. The number of benzene rings is 2. The van der Waals surface area contributed by atoms with Crippen LogP contribution >= 0.6 is 0 Å². The molecule has 0 fully saturated rings. The highest BCUT2D eigenvalue weighted by molar-refractivity contribution is 5.24. The van der Waals surface area contributed by atoms with Crippen LogP contribution < -0.4 is 0 Å². The first kappa shape index (κ1) is 19.6. The molecule has 0 radical (unpaired) electrons. The van der Waals surface area contributed by atoms with E-state index < -0.39 is 0 Å². The Morgan fingerprint density at radius 2 is 1.24 bits per heavy atom. The van der Waals surface area contributed by atoms with Crippen LogP contribution in [0.2, 0.25) is 0 Å². The molecule has 0 aliphatic carbocycles. The van der Waals surface area contributed by atoms with E-state index in [0.717, 1.165) is 13.1 Å². The Kier molecular flexibility index (Phi) is 7.63. The van der Waals surface area contributed by atoms with Gasteiger partial charge in [-0.05, 0) is 36.7 Å². The van der Waals surface area contributed by atoms with Gasteiger partial charge in [0.05, 0.1) is 6.10 Å². The van der Waals surface area contributed by atoms with E-state index in [4.69, 9.17) is 0 Å². The summed E-state index contributed by atoms with van der Waals surface area (Å²) in [4.78, 5) is 4.36. The molecule has 1 unspecified atom stereocenters. The van der Waals surface area contributed by atoms with Crippen molar-refractivity contribution in [2.24, 2.45) is 0 Å². The van der Waals surface area contributed by atoms with Crippen LogP contribution in [0.3, 0.4) is 0 Å². The third-order valence-electron chi connectivity index (χ3n) is 4.44. The molecule has 0 spiro atoms. The lowest BCUT2D eigenvalue weighted by atomic mass is 10.0. The summed E-state index contributed by atoms with van der Waals surface area (Å²) in [5.41, 5.74) is 3.93. The molecule has 0 bridgehead atoms. The summed E-state index contributed by atoms with van der Waals surface area (Å²) in [6.07, 6.45) is -0.353. The van der Waals surface area contributed by atoms with E-state index in [1.54, 1.807) is 0 Å². The molecule has 0 aliphatic heterocycles. The summed E-state index contributed by atoms with van der Waals surface area (Å²) >= 11 is 0. The molecule has 136 valence electrons. The lowest BCUT2D eigenvalue weighted by Crippen LogP contribution is -2.37. The van der Waals surface area contributed by atoms with Gasteiger partial charge in [0.15, 0.2) is 0 Å². The highest BCUT2D eigenvalue weighted by atomic mass is 16.3. The normalized spacial score (nSPS) is 13.0. The van der Waals surface area contributed by atoms with Crippen molar-refractivity contribution >= 4 is 0 Å². The highest BCUT2D eigenvalue weighted by Gasteiger charge is 2.12. The largest absolute Gasteiger partial charge is 0.390 e. The van der Waals surface area contributed by atoms with Gasteiger partial charge < -0.3 is 5.11 Å². The summed E-state index contributed by atoms with van der Waals surface area (Å²) in [7, 11) is 4.12. The first-order valence-electron chi connectivity index (χ1n) is 9.12. The molecule has 0 saturated heterocycles. The van der Waals surface area contributed by atoms with Gasteiger partial charge in [0.25, 0.3) is 0 Å². The Hall–Kier alpha value is -1.68. The van der Waals surface area contributed by atoms with Crippen molar-refractivity contribution < 1.29 is 5.11 Å². The lowest BCUT2D eigenvalue weighted by Gasteiger charge is -2.25. The maximum Gasteiger partial charge on any atom is 0.0793 e. The summed E-state index contributed by atoms with van der Waals surface area (Å²) in [6, 6.07) is 19.2. The third-order valence-corrected chi connectivity index (χ3v) is 4.44. The maximum atomic E-state index is 10.4. The fourth-order valence-corrected chi connectivity index (χ4v) is 3.12. The first-order valence-corrected chi connectivity index (χ1v) is 9.12. The zero-order valence-electron chi connectivity index (χ0n) is 16.0. The van der Waals surface area contributed by atoms with Gasteiger partial charge in [0, 0.05) is 26.2 Å². The Labute approximate surface area is 152 Å². The third kappa shape index (κ3) is 6.99. The van der Waals surface area contributed by atoms with Gasteiger partial charge in [-0.3, -0.25) is 9.80 Å². The van der Waals surface area contributed by atoms with E-state index in [2.05, 4.69) is 86.3 Å². The molecule has 0 saturated carbocycles. The molecule has 3 heteroatoms. The molecule has 0 amide bonds. The quantitative estimate of drug-likeness (QED) is 0.753. The van der Waals surface area contributed by atoms with Gasteiger partial charge in [-0.2, -0.15) is 0 Å². The molecule has 2 aromatic carbocycles. The summed E-state index contributed by atoms with van der Waals surface area (Å²) in [6.45, 7) is 7.49. The second-order valence-electron chi connectivity index (χ2n) is 7.43. The van der Waals surface area contributed by atoms with Gasteiger partial charge >= 0.3 is 0 Å². The molecule has 0 aromatic heterocycles. The zero-order valence-corrected chi connectivity index (χ0v) is 16.0. The molecular formula is C22H32N2O. The van der Waals surface area contributed by atoms with Crippen LogP contribution in [0.25, 0.3) is 0 Å². The molecule has 2 aromatic rings. The molecule has 0 aliphatic rings. The van der Waals surface area contributed by atoms with Gasteiger partial charge in [-0.1, -0.05) is 68.4 Å². The van der Waals surface area contributed by atoms with Crippen LogP contribution in [-0.2, 0) is 13.1 Å². The fourth-order valence-electron chi connectivity index (χ4n) is 3.12. The average molecular weight is 341 g/mol. The van der Waals surface area contributed by atoms with E-state index in [0.29, 0.717) is 19.0 Å². The molecule has 1 N–H and O–H groups in total. The van der Waals surface area contributed by atoms with Crippen molar-refractivity contribution in [3.05, 3.63) is 71.3 Å². The van der Waals surface area contributed by atoms with E-state index in [9.17, 15) is 5.11 Å². The minimum atomic E-state index is -0.353. The topological polar surface area (TPSA) is 26.7 Å². The zero-order chi connectivity index (χ0) is 18.2. The Balaban J connectivity index is 1.76. The predicted molar refractivity (Wildman–Crippen MR) is 106 cm³/mol. The van der Waals surface area contributed by atoms with Crippen LogP contribution in [0.4, 0.5) is 0 Å². The average Bonchev–Trinajstić information content (AvgIpc) is 2.55. The number of aliphatic hydroxyl groups excluding tert-OH is 1. The van der Waals surface area contributed by atoms with E-state index in [-0.39, 0.29) is 6.10 Å². The molecule has 2 rings (SSSR count). The number of hydrogen-bond acceptors (Lipinski definition) is 3. The minimum Gasteiger partial charge on any atom is -0.390 e. The number of likely N-dealkylation sites (N-methyl/N-ethyl adjacent to an activating group) is 2. The second kappa shape index (κ2) is 9.71. The van der Waals surface area contributed by atoms with E-state index in [1.165, 1.54) is 16.7 Å². The highest BCUT2D eigenvalue weighted by Crippen LogP contribution is 2.15. The Morgan fingerprint density at radius 1 is 0.760 bits per heavy atom. The van der Waals surface area contributed by atoms with Gasteiger partial charge in [-0.25, -0.2) is 0 Å². The van der Waals surface area contributed by atoms with Crippen molar-refractivity contribution in [2.45, 2.75) is 39.0 Å². The molecule has 1 atom stereocenters. The minimum absolute atomic E-state index is 0.353. The number of aliphatic hydroxyl groups is 1. The smallest absolute Gasteiger partial charge is 0.0793 e. The van der Waals surface area contributed by atoms with Crippen molar-refractivity contribution in [1.82, 2.24) is 9.80 Å². The van der Waals surface area contributed by atoms with Crippen molar-refractivity contribution in [3.8, 4) is 0 Å². The van der Waals surface area contributed by atoms with Crippen molar-refractivity contribution in [1.29, 1.82) is 0 Å². The van der Waals surface area contributed by atoms with Crippen molar-refractivity contribution in [3.63, 3.8) is 0 Å². The number of rotatable bonds is 9. The monoisotopic (exact) mass is 340 g/mol. The SMILES string of the molecule is CC(C)c1ccc(CN(C)CC(O)CN(C)Cc2ccccc2)cc1. The summed E-state index contributed by atoms with van der Waals surface area (Å²) < 4.78 is 0. The molecular weight excluding hydrogens is 308 g/mol. The van der Waals surface area contributed by atoms with Gasteiger partial charge in [0.1, 0.15) is 0 Å². The molecule has 0 heterocycles. The van der Waals surface area contributed by atoms with Crippen LogP contribution in [-0.4, -0.2) is 48.2 Å². The Morgan fingerprint density at radius 3 is 1.72 bits per heavy atom. The summed E-state index contributed by atoms with van der Waals surface area (Å²) in [5, 5.41) is 10.4. The Bertz CT molecular complexity index is 610. The predicted octanol–water partition coefficient (Wildman–Crippen LogP) is 3.73. The standard InChI is InChI=1S/C22H32N2O/c1-18(2)21-12-10-20(11-13-21)15-24(4)17-22(25)16-23(3)14-19-8-6-5-7-9-19/h5-13,18,22,25H,14-17H2,1-4H3. The van der Waals surface area contributed by atoms with Gasteiger partial charge in [0.2, 0.25) is 0 Å². The van der Waals surface area contributed by atoms with Crippen LogP contribution in [0, 0.1) is 0 Å². The van der Waals surface area contributed by atoms with E-state index >= 15 is 0 Å². The molecule has 3 nitrogen and oxygen atoms in total. The molecule has 25 heavy (non-hydrogen) atoms. The number of nitrogens with zero attached hydrogens (tertiary/aromatic N) is 2. The maximum absolute atomic E-state index is 10.4. The van der Waals surface area contributed by atoms with Gasteiger partial charge in [-0.15, -0.1) is 0 Å². The first-order chi connectivity index (χ1) is 11.9. The van der Waals surface area contributed by atoms with Crippen LogP contribution in [0.1, 0.15) is 36.5 Å². The lowest BCUT2D eigenvalue weighted by molar-refractivity contribution is 0.0868. The van der Waals surface area contributed by atoms with E-state index in [1.807, 2.05) is 6.07 Å². The fraction of sp³-hybridized carbons (Fsp3) is 0.455.